The fourth-order valence-corrected chi connectivity index (χ4v) is 4.01. The number of likely N-dealkylation sites (tertiary alicyclic amines) is 1. The first kappa shape index (κ1) is 23.5. The van der Waals surface area contributed by atoms with Crippen molar-refractivity contribution in [2.45, 2.75) is 24.8 Å². The molecule has 0 aromatic heterocycles. The summed E-state index contributed by atoms with van der Waals surface area (Å²) in [5, 5.41) is 17.4. The number of carbonyl (C=O) groups excluding carboxylic acids is 2. The fraction of sp³-hybridized carbons (Fsp3) is 0.261. The van der Waals surface area contributed by atoms with Crippen molar-refractivity contribution < 1.29 is 19.5 Å². The summed E-state index contributed by atoms with van der Waals surface area (Å²) in [7, 11) is 0. The van der Waals surface area contributed by atoms with Crippen LogP contribution in [0.15, 0.2) is 59.7 Å². The minimum absolute atomic E-state index is 0.0838. The Kier molecular flexibility index (Phi) is 7.45. The lowest BCUT2D eigenvalue weighted by atomic mass is 9.79. The highest BCUT2D eigenvalue weighted by molar-refractivity contribution is 6.08. The standard InChI is InChI=1S/C23H26N6O4/c24-27-16-26-19-11-7-10-18(14-19)23(21(31)32,20(15-30)17-8-3-1-4-9-17)29(25)22(33)28-12-5-2-6-13-28/h1,3-4,7-11,14,16H,2,5-6,12-13,24-25H2,(H,26,27)(H,31,32)/t23-/m0/s1. The van der Waals surface area contributed by atoms with Gasteiger partial charge in [0.25, 0.3) is 0 Å². The third-order valence-corrected chi connectivity index (χ3v) is 5.62. The van der Waals surface area contributed by atoms with Gasteiger partial charge in [-0.25, -0.2) is 25.2 Å². The third kappa shape index (κ3) is 4.57. The number of anilines is 1. The molecule has 1 aliphatic rings. The molecule has 1 saturated heterocycles. The molecule has 0 bridgehead atoms. The molecule has 2 aromatic rings. The molecule has 172 valence electrons. The number of carboxylic acid groups (broad SMARTS) is 1. The van der Waals surface area contributed by atoms with Crippen molar-refractivity contribution in [3.63, 3.8) is 0 Å². The van der Waals surface area contributed by atoms with Crippen molar-refractivity contribution in [2.75, 3.05) is 18.4 Å². The summed E-state index contributed by atoms with van der Waals surface area (Å²) in [5.41, 5.74) is -1.86. The Morgan fingerprint density at radius 2 is 1.82 bits per heavy atom. The van der Waals surface area contributed by atoms with Gasteiger partial charge in [0.1, 0.15) is 12.3 Å². The maximum Gasteiger partial charge on any atom is 0.341 e. The average Bonchev–Trinajstić information content (AvgIpc) is 2.86. The van der Waals surface area contributed by atoms with E-state index in [0.29, 0.717) is 23.8 Å². The van der Waals surface area contributed by atoms with E-state index in [4.69, 9.17) is 11.7 Å². The van der Waals surface area contributed by atoms with Gasteiger partial charge >= 0.3 is 12.0 Å². The molecule has 33 heavy (non-hydrogen) atoms. The molecule has 0 aliphatic carbocycles. The Balaban J connectivity index is 2.24. The first-order valence-electron chi connectivity index (χ1n) is 10.4. The molecule has 10 heteroatoms. The van der Waals surface area contributed by atoms with Gasteiger partial charge in [-0.05, 0) is 42.5 Å². The molecule has 0 saturated carbocycles. The zero-order chi connectivity index (χ0) is 23.8. The van der Waals surface area contributed by atoms with Crippen LogP contribution in [0.4, 0.5) is 10.5 Å². The molecule has 10 nitrogen and oxygen atoms in total. The number of rotatable bonds is 7. The summed E-state index contributed by atoms with van der Waals surface area (Å²) >= 11 is 0. The van der Waals surface area contributed by atoms with Crippen LogP contribution in [0.3, 0.4) is 0 Å². The highest BCUT2D eigenvalue weighted by Gasteiger charge is 2.53. The molecule has 1 heterocycles. The number of hydrogen-bond acceptors (Lipinski definition) is 6. The highest BCUT2D eigenvalue weighted by atomic mass is 16.4. The first-order valence-corrected chi connectivity index (χ1v) is 10.4. The van der Waals surface area contributed by atoms with E-state index in [1.54, 1.807) is 48.4 Å². The highest BCUT2D eigenvalue weighted by Crippen LogP contribution is 2.40. The molecule has 0 radical (unpaired) electrons. The number of benzene rings is 2. The summed E-state index contributed by atoms with van der Waals surface area (Å²) in [6, 6.07) is 13.7. The molecule has 1 fully saturated rings. The molecule has 1 atom stereocenters. The number of urea groups is 1. The Bertz CT molecular complexity index is 1080. The second-order valence-electron chi connectivity index (χ2n) is 7.56. The summed E-state index contributed by atoms with van der Waals surface area (Å²) in [5.74, 6) is 11.7. The molecular formula is C23H26N6O4. The van der Waals surface area contributed by atoms with E-state index in [0.717, 1.165) is 19.3 Å². The van der Waals surface area contributed by atoms with Crippen molar-refractivity contribution in [1.29, 1.82) is 0 Å². The van der Waals surface area contributed by atoms with E-state index in [1.807, 2.05) is 0 Å². The molecule has 0 unspecified atom stereocenters. The van der Waals surface area contributed by atoms with Crippen LogP contribution in [0.25, 0.3) is 5.57 Å². The van der Waals surface area contributed by atoms with Crippen molar-refractivity contribution in [2.24, 2.45) is 16.8 Å². The summed E-state index contributed by atoms with van der Waals surface area (Å²) in [4.78, 5) is 40.2. The topological polar surface area (TPSA) is 154 Å². The van der Waals surface area contributed by atoms with Gasteiger partial charge < -0.3 is 21.2 Å². The summed E-state index contributed by atoms with van der Waals surface area (Å²) in [6.07, 6.45) is 3.76. The van der Waals surface area contributed by atoms with Crippen LogP contribution in [0.5, 0.6) is 0 Å². The minimum Gasteiger partial charge on any atom is -0.479 e. The second-order valence-corrected chi connectivity index (χ2v) is 7.56. The van der Waals surface area contributed by atoms with Gasteiger partial charge in [0, 0.05) is 18.8 Å². The number of nitrogens with zero attached hydrogens (tertiary/aromatic N) is 3. The van der Waals surface area contributed by atoms with E-state index in [1.165, 1.54) is 23.4 Å². The monoisotopic (exact) mass is 450 g/mol. The Morgan fingerprint density at radius 1 is 1.12 bits per heavy atom. The van der Waals surface area contributed by atoms with Gasteiger partial charge in [-0.15, -0.1) is 0 Å². The van der Waals surface area contributed by atoms with Crippen molar-refractivity contribution >= 4 is 35.5 Å². The lowest BCUT2D eigenvalue weighted by molar-refractivity contribution is -0.147. The van der Waals surface area contributed by atoms with E-state index < -0.39 is 17.5 Å². The van der Waals surface area contributed by atoms with Gasteiger partial charge in [-0.1, -0.05) is 42.5 Å². The van der Waals surface area contributed by atoms with E-state index >= 15 is 0 Å². The molecule has 0 spiro atoms. The van der Waals surface area contributed by atoms with Crippen molar-refractivity contribution in [3.8, 4) is 0 Å². The lowest BCUT2D eigenvalue weighted by Crippen LogP contribution is -2.62. The van der Waals surface area contributed by atoms with Crippen LogP contribution in [-0.4, -0.2) is 52.4 Å². The maximum atomic E-state index is 13.4. The van der Waals surface area contributed by atoms with Crippen LogP contribution < -0.4 is 17.0 Å². The molecule has 1 aliphatic heterocycles. The number of carboxylic acids is 1. The molecule has 2 aromatic carbocycles. The van der Waals surface area contributed by atoms with Crippen LogP contribution in [-0.2, 0) is 15.1 Å². The average molecular weight is 450 g/mol. The van der Waals surface area contributed by atoms with Crippen LogP contribution >= 0.6 is 0 Å². The predicted molar refractivity (Wildman–Crippen MR) is 124 cm³/mol. The fourth-order valence-electron chi connectivity index (χ4n) is 4.01. The van der Waals surface area contributed by atoms with Crippen LogP contribution in [0.1, 0.15) is 30.4 Å². The number of hydrogen-bond donors (Lipinski definition) is 4. The normalized spacial score (nSPS) is 15.4. The summed E-state index contributed by atoms with van der Waals surface area (Å²) < 4.78 is 0. The number of aliphatic carboxylic acids is 1. The van der Waals surface area contributed by atoms with E-state index in [2.05, 4.69) is 10.4 Å². The Hall–Kier alpha value is -4.14. The molecule has 3 rings (SSSR count). The number of piperidine rings is 1. The van der Waals surface area contributed by atoms with Gasteiger partial charge in [-0.3, -0.25) is 0 Å². The summed E-state index contributed by atoms with van der Waals surface area (Å²) in [6.45, 7) is 0.893. The number of hydrazone groups is 1. The molecule has 6 N–H and O–H groups in total. The maximum absolute atomic E-state index is 13.4. The van der Waals surface area contributed by atoms with Gasteiger partial charge in [0.2, 0.25) is 5.54 Å². The van der Waals surface area contributed by atoms with Gasteiger partial charge in [-0.2, -0.15) is 5.10 Å². The predicted octanol–water partition coefficient (Wildman–Crippen LogP) is 1.98. The van der Waals surface area contributed by atoms with Crippen molar-refractivity contribution in [1.82, 2.24) is 9.91 Å². The second kappa shape index (κ2) is 10.4. The first-order chi connectivity index (χ1) is 16.0. The minimum atomic E-state index is -2.35. The van der Waals surface area contributed by atoms with Gasteiger partial charge in [0.15, 0.2) is 0 Å². The van der Waals surface area contributed by atoms with Crippen LogP contribution in [0, 0.1) is 0 Å². The number of nitrogens with one attached hydrogen (secondary N) is 1. The van der Waals surface area contributed by atoms with E-state index in [9.17, 15) is 19.5 Å². The molecule has 2 amide bonds. The smallest absolute Gasteiger partial charge is 0.341 e. The number of carbonyl (C=O) groups is 2. The van der Waals surface area contributed by atoms with E-state index in [-0.39, 0.29) is 16.7 Å². The number of nitrogens with two attached hydrogens (primary N) is 2. The quantitative estimate of drug-likeness (QED) is 0.126. The number of hydrazine groups is 1. The Morgan fingerprint density at radius 3 is 2.42 bits per heavy atom. The lowest BCUT2D eigenvalue weighted by Gasteiger charge is -2.41. The molecular weight excluding hydrogens is 424 g/mol. The van der Waals surface area contributed by atoms with Crippen molar-refractivity contribution in [3.05, 3.63) is 65.7 Å². The zero-order valence-electron chi connectivity index (χ0n) is 18.0. The van der Waals surface area contributed by atoms with Gasteiger partial charge in [0.05, 0.1) is 5.57 Å². The number of amides is 2. The largest absolute Gasteiger partial charge is 0.479 e. The van der Waals surface area contributed by atoms with Crippen LogP contribution in [0.2, 0.25) is 0 Å². The zero-order valence-corrected chi connectivity index (χ0v) is 18.0. The third-order valence-electron chi connectivity index (χ3n) is 5.62. The Labute approximate surface area is 191 Å². The SMILES string of the molecule is NN=CNc1cccc([C@@](C(=O)O)(C(=C=O)c2ccccc2)N(N)C(=O)N2CCCCC2)c1.